The van der Waals surface area contributed by atoms with Gasteiger partial charge in [-0.1, -0.05) is 6.07 Å². The number of benzene rings is 2. The maximum atomic E-state index is 13.0. The molecule has 0 atom stereocenters. The molecule has 1 heterocycles. The zero-order valence-corrected chi connectivity index (χ0v) is 20.8. The van der Waals surface area contributed by atoms with Gasteiger partial charge in [0.05, 0.1) is 24.7 Å². The van der Waals surface area contributed by atoms with Gasteiger partial charge >= 0.3 is 0 Å². The largest absolute Gasteiger partial charge is 0.379 e. The Bertz CT molecular complexity index is 1160. The van der Waals surface area contributed by atoms with Crippen LogP contribution in [0.2, 0.25) is 0 Å². The van der Waals surface area contributed by atoms with Crippen molar-refractivity contribution < 1.29 is 22.7 Å². The van der Waals surface area contributed by atoms with E-state index in [2.05, 4.69) is 16.0 Å². The summed E-state index contributed by atoms with van der Waals surface area (Å²) >= 11 is 0. The van der Waals surface area contributed by atoms with Gasteiger partial charge in [0.2, 0.25) is 15.9 Å². The molecule has 2 aromatic rings. The number of nitrogens with zero attached hydrogens (tertiary/aromatic N) is 1. The molecule has 0 aromatic heterocycles. The molecule has 0 radical (unpaired) electrons. The van der Waals surface area contributed by atoms with E-state index in [1.165, 1.54) is 10.4 Å². The minimum Gasteiger partial charge on any atom is -0.379 e. The number of nitrogens with one attached hydrogen (secondary N) is 3. The molecule has 9 nitrogen and oxygen atoms in total. The average Bonchev–Trinajstić information content (AvgIpc) is 2.79. The summed E-state index contributed by atoms with van der Waals surface area (Å²) in [4.78, 5) is 24.9. The lowest BCUT2D eigenvalue weighted by Gasteiger charge is -2.26. The number of hydrogen-bond acceptors (Lipinski definition) is 6. The highest BCUT2D eigenvalue weighted by atomic mass is 32.2. The maximum absolute atomic E-state index is 13.0. The fourth-order valence-corrected chi connectivity index (χ4v) is 5.27. The van der Waals surface area contributed by atoms with Gasteiger partial charge in [-0.15, -0.1) is 0 Å². The van der Waals surface area contributed by atoms with Gasteiger partial charge in [-0.25, -0.2) is 8.42 Å². The number of carbonyl (C=O) groups excluding carboxylic acids is 2. The third kappa shape index (κ3) is 6.34. The fraction of sp³-hybridized carbons (Fsp3) is 0.417. The molecule has 1 aliphatic heterocycles. The predicted molar refractivity (Wildman–Crippen MR) is 132 cm³/mol. The first kappa shape index (κ1) is 25.7. The van der Waals surface area contributed by atoms with Gasteiger partial charge in [0.15, 0.2) is 0 Å². The highest BCUT2D eigenvalue weighted by Gasteiger charge is 2.28. The van der Waals surface area contributed by atoms with Crippen molar-refractivity contribution in [1.82, 2.24) is 9.62 Å². The highest BCUT2D eigenvalue weighted by Crippen LogP contribution is 2.24. The summed E-state index contributed by atoms with van der Waals surface area (Å²) < 4.78 is 32.7. The second-order valence-corrected chi connectivity index (χ2v) is 10.5. The van der Waals surface area contributed by atoms with Crippen molar-refractivity contribution >= 4 is 33.2 Å². The summed E-state index contributed by atoms with van der Waals surface area (Å²) in [5, 5.41) is 8.66. The molecular weight excluding hydrogens is 456 g/mol. The number of anilines is 2. The van der Waals surface area contributed by atoms with Crippen LogP contribution < -0.4 is 16.0 Å². The normalized spacial score (nSPS) is 14.6. The molecule has 3 rings (SSSR count). The molecule has 184 valence electrons. The van der Waals surface area contributed by atoms with E-state index in [-0.39, 0.29) is 29.3 Å². The molecule has 2 amide bonds. The van der Waals surface area contributed by atoms with Crippen LogP contribution in [0.15, 0.2) is 41.3 Å². The Morgan fingerprint density at radius 1 is 1.03 bits per heavy atom. The number of amides is 2. The minimum absolute atomic E-state index is 0.0161. The van der Waals surface area contributed by atoms with E-state index < -0.39 is 10.0 Å². The maximum Gasteiger partial charge on any atom is 0.251 e. The standard InChI is InChI=1S/C24H32N4O5S/c1-16(2)26-24(30)19-6-8-21(18(4)13-19)25-15-23(29)27-20-7-5-17(3)22(14-20)34(31,32)28-9-11-33-12-10-28/h5-8,13-14,16,25H,9-12,15H2,1-4H3,(H,26,30)(H,27,29). The molecule has 34 heavy (non-hydrogen) atoms. The predicted octanol–water partition coefficient (Wildman–Crippen LogP) is 2.51. The number of rotatable bonds is 8. The molecule has 0 bridgehead atoms. The first-order valence-electron chi connectivity index (χ1n) is 11.2. The molecule has 10 heteroatoms. The molecule has 1 fully saturated rings. The van der Waals surface area contributed by atoms with Gasteiger partial charge in [0.1, 0.15) is 0 Å². The average molecular weight is 489 g/mol. The molecular formula is C24H32N4O5S. The van der Waals surface area contributed by atoms with Crippen LogP contribution in [0, 0.1) is 13.8 Å². The Balaban J connectivity index is 1.64. The van der Waals surface area contributed by atoms with Crippen LogP contribution in [0.5, 0.6) is 0 Å². The summed E-state index contributed by atoms with van der Waals surface area (Å²) in [6, 6.07) is 10.1. The molecule has 0 spiro atoms. The van der Waals surface area contributed by atoms with Crippen LogP contribution >= 0.6 is 0 Å². The van der Waals surface area contributed by atoms with Crippen LogP contribution in [0.25, 0.3) is 0 Å². The lowest BCUT2D eigenvalue weighted by Crippen LogP contribution is -2.40. The molecule has 3 N–H and O–H groups in total. The van der Waals surface area contributed by atoms with Gasteiger partial charge in [-0.05, 0) is 69.2 Å². The van der Waals surface area contributed by atoms with E-state index in [1.807, 2.05) is 20.8 Å². The van der Waals surface area contributed by atoms with Crippen LogP contribution in [-0.4, -0.2) is 63.4 Å². The summed E-state index contributed by atoms with van der Waals surface area (Å²) in [6.07, 6.45) is 0. The number of hydrogen-bond donors (Lipinski definition) is 3. The number of sulfonamides is 1. The third-order valence-electron chi connectivity index (χ3n) is 5.41. The second-order valence-electron chi connectivity index (χ2n) is 8.56. The van der Waals surface area contributed by atoms with Gasteiger partial charge in [-0.3, -0.25) is 9.59 Å². The summed E-state index contributed by atoms with van der Waals surface area (Å²) in [5.41, 5.74) is 3.13. The zero-order valence-electron chi connectivity index (χ0n) is 20.0. The Morgan fingerprint density at radius 2 is 1.74 bits per heavy atom. The van der Waals surface area contributed by atoms with Crippen molar-refractivity contribution in [2.45, 2.75) is 38.6 Å². The van der Waals surface area contributed by atoms with Crippen molar-refractivity contribution in [1.29, 1.82) is 0 Å². The Morgan fingerprint density at radius 3 is 2.38 bits per heavy atom. The molecule has 2 aromatic carbocycles. The lowest BCUT2D eigenvalue weighted by molar-refractivity contribution is -0.114. The van der Waals surface area contributed by atoms with Crippen LogP contribution in [0.4, 0.5) is 11.4 Å². The fourth-order valence-electron chi connectivity index (χ4n) is 3.61. The second kappa shape index (κ2) is 11.0. The molecule has 1 saturated heterocycles. The Labute approximate surface area is 200 Å². The zero-order chi connectivity index (χ0) is 24.9. The molecule has 0 saturated carbocycles. The summed E-state index contributed by atoms with van der Waals surface area (Å²) in [6.45, 7) is 8.70. The smallest absolute Gasteiger partial charge is 0.251 e. The van der Waals surface area contributed by atoms with Gasteiger partial charge in [-0.2, -0.15) is 4.31 Å². The topological polar surface area (TPSA) is 117 Å². The van der Waals surface area contributed by atoms with Crippen molar-refractivity contribution in [3.63, 3.8) is 0 Å². The molecule has 0 unspecified atom stereocenters. The summed E-state index contributed by atoms with van der Waals surface area (Å²) in [5.74, 6) is -0.468. The van der Waals surface area contributed by atoms with Crippen molar-refractivity contribution in [2.75, 3.05) is 43.5 Å². The SMILES string of the molecule is Cc1cc(C(=O)NC(C)C)ccc1NCC(=O)Nc1ccc(C)c(S(=O)(=O)N2CCOCC2)c1. The van der Waals surface area contributed by atoms with E-state index in [9.17, 15) is 18.0 Å². The summed E-state index contributed by atoms with van der Waals surface area (Å²) in [7, 11) is -3.68. The monoisotopic (exact) mass is 488 g/mol. The number of aryl methyl sites for hydroxylation is 2. The number of carbonyl (C=O) groups is 2. The van der Waals surface area contributed by atoms with Crippen LogP contribution in [0.3, 0.4) is 0 Å². The van der Waals surface area contributed by atoms with E-state index >= 15 is 0 Å². The van der Waals surface area contributed by atoms with Crippen molar-refractivity contribution in [3.8, 4) is 0 Å². The highest BCUT2D eigenvalue weighted by molar-refractivity contribution is 7.89. The molecule has 0 aliphatic carbocycles. The van der Waals surface area contributed by atoms with E-state index in [0.29, 0.717) is 43.1 Å². The first-order valence-corrected chi connectivity index (χ1v) is 12.7. The van der Waals surface area contributed by atoms with E-state index in [4.69, 9.17) is 4.74 Å². The van der Waals surface area contributed by atoms with Crippen molar-refractivity contribution in [2.24, 2.45) is 0 Å². The minimum atomic E-state index is -3.68. The Kier molecular flexibility index (Phi) is 8.29. The van der Waals surface area contributed by atoms with Gasteiger partial charge in [0.25, 0.3) is 5.91 Å². The van der Waals surface area contributed by atoms with E-state index in [0.717, 1.165) is 11.3 Å². The van der Waals surface area contributed by atoms with Crippen molar-refractivity contribution in [3.05, 3.63) is 53.1 Å². The Hall–Kier alpha value is -2.95. The van der Waals surface area contributed by atoms with Crippen LogP contribution in [-0.2, 0) is 19.6 Å². The van der Waals surface area contributed by atoms with Crippen LogP contribution in [0.1, 0.15) is 35.3 Å². The lowest BCUT2D eigenvalue weighted by atomic mass is 10.1. The quantitative estimate of drug-likeness (QED) is 0.526. The first-order chi connectivity index (χ1) is 16.1. The molecule has 1 aliphatic rings. The number of ether oxygens (including phenoxy) is 1. The third-order valence-corrected chi connectivity index (χ3v) is 7.45. The van der Waals surface area contributed by atoms with Gasteiger partial charge < -0.3 is 20.7 Å². The van der Waals surface area contributed by atoms with Gasteiger partial charge in [0, 0.05) is 36.1 Å². The van der Waals surface area contributed by atoms with E-state index in [1.54, 1.807) is 37.3 Å². The number of morpholine rings is 1.